The van der Waals surface area contributed by atoms with Gasteiger partial charge in [0.25, 0.3) is 0 Å². The van der Waals surface area contributed by atoms with Crippen molar-refractivity contribution in [1.29, 1.82) is 0 Å². The van der Waals surface area contributed by atoms with Crippen molar-refractivity contribution in [2.45, 2.75) is 4.90 Å². The number of carboxylic acid groups (broad SMARTS) is 1. The van der Waals surface area contributed by atoms with E-state index in [4.69, 9.17) is 0 Å². The quantitative estimate of drug-likeness (QED) is 0.395. The van der Waals surface area contributed by atoms with Crippen molar-refractivity contribution in [3.8, 4) is 0 Å². The largest absolute Gasteiger partial charge is 1.00 e. The van der Waals surface area contributed by atoms with Crippen LogP contribution < -0.4 is 108 Å². The second kappa shape index (κ2) is 8.06. The van der Waals surface area contributed by atoms with E-state index in [-0.39, 0.29) is 103 Å². The van der Waals surface area contributed by atoms with Crippen molar-refractivity contribution >= 4 is 16.1 Å². The fourth-order valence-corrected chi connectivity index (χ4v) is 1.52. The van der Waals surface area contributed by atoms with E-state index in [2.05, 4.69) is 0 Å². The predicted molar refractivity (Wildman–Crippen MR) is 38.7 cm³/mol. The first kappa shape index (κ1) is 19.2. The summed E-state index contributed by atoms with van der Waals surface area (Å²) in [7, 11) is -4.75. The normalized spacial score (nSPS) is 9.67. The fourth-order valence-electron chi connectivity index (χ4n) is 0.853. The van der Waals surface area contributed by atoms with Crippen LogP contribution in [0.25, 0.3) is 0 Å². The summed E-state index contributed by atoms with van der Waals surface area (Å²) in [5, 5.41) is 10.4. The Labute approximate surface area is 172 Å². The Morgan fingerprint density at radius 3 is 1.93 bits per heavy atom. The van der Waals surface area contributed by atoms with Crippen LogP contribution in [0.5, 0.6) is 0 Å². The van der Waals surface area contributed by atoms with E-state index >= 15 is 0 Å². The van der Waals surface area contributed by atoms with Gasteiger partial charge in [-0.15, -0.1) is 0 Å². The molecule has 0 aliphatic rings. The third-order valence-electron chi connectivity index (χ3n) is 1.38. The number of aromatic carboxylic acids is 1. The van der Waals surface area contributed by atoms with Crippen molar-refractivity contribution in [1.82, 2.24) is 0 Å². The number of hydrogen-bond donors (Lipinski definition) is 0. The first-order valence-corrected chi connectivity index (χ1v) is 4.60. The minimum atomic E-state index is -4.75. The maximum absolute atomic E-state index is 10.5. The van der Waals surface area contributed by atoms with Crippen LogP contribution in [0.4, 0.5) is 0 Å². The van der Waals surface area contributed by atoms with E-state index < -0.39 is 26.5 Å². The Bertz CT molecular complexity index is 442. The van der Waals surface area contributed by atoms with E-state index in [1.807, 2.05) is 0 Å². The standard InChI is InChI=1S/C7H6O5S.2K/c8-7(9)5-3-1-2-4-6(5)13(10,11)12;;/h1-4H,(H,8,9)(H,10,11,12);;/q;2*+1/p-2. The van der Waals surface area contributed by atoms with Gasteiger partial charge in [-0.25, -0.2) is 8.42 Å². The van der Waals surface area contributed by atoms with Crippen molar-refractivity contribution in [2.24, 2.45) is 0 Å². The SMILES string of the molecule is O=C([O-])c1ccccc1S(=O)(=O)[O-].[K+].[K+]. The monoisotopic (exact) mass is 278 g/mol. The third kappa shape index (κ3) is 5.84. The molecule has 0 fully saturated rings. The molecule has 0 heterocycles. The van der Waals surface area contributed by atoms with Crippen LogP contribution in [0.15, 0.2) is 29.2 Å². The first-order valence-electron chi connectivity index (χ1n) is 3.19. The molecule has 0 atom stereocenters. The number of carbonyl (C=O) groups is 1. The molecule has 0 saturated carbocycles. The molecular formula is C7H4K2O5S. The Balaban J connectivity index is 0. The van der Waals surface area contributed by atoms with Gasteiger partial charge in [0.2, 0.25) is 0 Å². The molecule has 0 spiro atoms. The Hall–Kier alpha value is 1.87. The maximum Gasteiger partial charge on any atom is 1.00 e. The van der Waals surface area contributed by atoms with E-state index in [0.29, 0.717) is 0 Å². The van der Waals surface area contributed by atoms with Crippen molar-refractivity contribution in [3.05, 3.63) is 29.8 Å². The Morgan fingerprint density at radius 1 is 1.13 bits per heavy atom. The molecule has 1 rings (SSSR count). The summed E-state index contributed by atoms with van der Waals surface area (Å²) >= 11 is 0. The number of rotatable bonds is 2. The summed E-state index contributed by atoms with van der Waals surface area (Å²) in [5.41, 5.74) is -0.613. The van der Waals surface area contributed by atoms with Crippen molar-refractivity contribution in [3.63, 3.8) is 0 Å². The first-order chi connectivity index (χ1) is 5.93. The van der Waals surface area contributed by atoms with Gasteiger partial charge in [-0.05, 0) is 6.07 Å². The zero-order valence-corrected chi connectivity index (χ0v) is 15.3. The van der Waals surface area contributed by atoms with Gasteiger partial charge >= 0.3 is 103 Å². The van der Waals surface area contributed by atoms with Gasteiger partial charge in [0.05, 0.1) is 10.9 Å². The van der Waals surface area contributed by atoms with Crippen LogP contribution in [0.1, 0.15) is 10.4 Å². The molecule has 0 unspecified atom stereocenters. The van der Waals surface area contributed by atoms with E-state index in [1.54, 1.807) is 0 Å². The van der Waals surface area contributed by atoms with Crippen LogP contribution in [-0.2, 0) is 10.1 Å². The van der Waals surface area contributed by atoms with Gasteiger partial charge in [-0.2, -0.15) is 0 Å². The van der Waals surface area contributed by atoms with E-state index in [9.17, 15) is 22.9 Å². The fraction of sp³-hybridized carbons (Fsp3) is 0. The van der Waals surface area contributed by atoms with Gasteiger partial charge in [0.1, 0.15) is 10.1 Å². The van der Waals surface area contributed by atoms with Gasteiger partial charge in [0, 0.05) is 5.56 Å². The van der Waals surface area contributed by atoms with E-state index in [0.717, 1.165) is 12.1 Å². The molecule has 1 aromatic carbocycles. The Kier molecular flexibility index (Phi) is 10.3. The van der Waals surface area contributed by atoms with Gasteiger partial charge in [0.15, 0.2) is 0 Å². The smallest absolute Gasteiger partial charge is 0.744 e. The van der Waals surface area contributed by atoms with Crippen LogP contribution in [-0.4, -0.2) is 18.9 Å². The molecule has 0 radical (unpaired) electrons. The molecule has 8 heteroatoms. The molecule has 5 nitrogen and oxygen atoms in total. The summed E-state index contributed by atoms with van der Waals surface area (Å²) in [5.74, 6) is -1.69. The minimum absolute atomic E-state index is 0. The van der Waals surface area contributed by atoms with Gasteiger partial charge < -0.3 is 14.5 Å². The number of carbonyl (C=O) groups excluding carboxylic acids is 1. The number of carboxylic acids is 1. The molecule has 0 saturated heterocycles. The molecule has 0 aromatic heterocycles. The molecule has 0 aliphatic heterocycles. The Morgan fingerprint density at radius 2 is 1.60 bits per heavy atom. The summed E-state index contributed by atoms with van der Waals surface area (Å²) in [4.78, 5) is 9.59. The summed E-state index contributed by atoms with van der Waals surface area (Å²) in [6.07, 6.45) is 0. The summed E-state index contributed by atoms with van der Waals surface area (Å²) in [6.45, 7) is 0. The molecule has 0 bridgehead atoms. The number of hydrogen-bond acceptors (Lipinski definition) is 5. The van der Waals surface area contributed by atoms with Gasteiger partial charge in [-0.3, -0.25) is 0 Å². The van der Waals surface area contributed by atoms with E-state index in [1.165, 1.54) is 12.1 Å². The molecular weight excluding hydrogens is 274 g/mol. The topological polar surface area (TPSA) is 97.3 Å². The zero-order chi connectivity index (χ0) is 10.1. The molecule has 0 amide bonds. The molecule has 0 N–H and O–H groups in total. The minimum Gasteiger partial charge on any atom is -0.744 e. The molecule has 15 heavy (non-hydrogen) atoms. The van der Waals surface area contributed by atoms with Crippen LogP contribution in [0.3, 0.4) is 0 Å². The molecule has 0 aliphatic carbocycles. The summed E-state index contributed by atoms with van der Waals surface area (Å²) in [6, 6.07) is 4.49. The third-order valence-corrected chi connectivity index (χ3v) is 2.27. The van der Waals surface area contributed by atoms with Crippen LogP contribution in [0.2, 0.25) is 0 Å². The van der Waals surface area contributed by atoms with Crippen molar-refractivity contribution < 1.29 is 126 Å². The average Bonchev–Trinajstić information content (AvgIpc) is 2.03. The average molecular weight is 278 g/mol. The molecule has 70 valence electrons. The van der Waals surface area contributed by atoms with Gasteiger partial charge in [-0.1, -0.05) is 18.2 Å². The second-order valence-electron chi connectivity index (χ2n) is 2.24. The van der Waals surface area contributed by atoms with Crippen molar-refractivity contribution in [2.75, 3.05) is 0 Å². The zero-order valence-electron chi connectivity index (χ0n) is 8.26. The number of benzene rings is 1. The van der Waals surface area contributed by atoms with Crippen LogP contribution >= 0.6 is 0 Å². The van der Waals surface area contributed by atoms with Crippen LogP contribution in [0, 0.1) is 0 Å². The summed E-state index contributed by atoms with van der Waals surface area (Å²) < 4.78 is 31.5. The predicted octanol–water partition coefficient (Wildman–Crippen LogP) is -7.04. The molecule has 1 aromatic rings. The second-order valence-corrected chi connectivity index (χ2v) is 3.59. The maximum atomic E-state index is 10.5.